The molecule has 0 bridgehead atoms. The number of tetrazole rings is 1. The SMILES string of the molecule is Cn1nnnc1COc1cccc(C(=O)NCC(=O)N2CCOCC2)c1. The molecule has 1 aromatic carbocycles. The molecule has 0 radical (unpaired) electrons. The van der Waals surface area contributed by atoms with E-state index in [1.165, 1.54) is 4.68 Å². The van der Waals surface area contributed by atoms with E-state index in [2.05, 4.69) is 20.8 Å². The summed E-state index contributed by atoms with van der Waals surface area (Å²) in [5.74, 6) is 0.623. The second kappa shape index (κ2) is 8.39. The van der Waals surface area contributed by atoms with Gasteiger partial charge in [-0.05, 0) is 28.6 Å². The van der Waals surface area contributed by atoms with Crippen molar-refractivity contribution in [3.8, 4) is 5.75 Å². The van der Waals surface area contributed by atoms with Gasteiger partial charge in [0.15, 0.2) is 5.82 Å². The highest BCUT2D eigenvalue weighted by molar-refractivity contribution is 5.96. The second-order valence-electron chi connectivity index (χ2n) is 5.71. The van der Waals surface area contributed by atoms with Crippen LogP contribution in [0.4, 0.5) is 0 Å². The highest BCUT2D eigenvalue weighted by atomic mass is 16.5. The van der Waals surface area contributed by atoms with E-state index in [1.807, 2.05) is 0 Å². The predicted molar refractivity (Wildman–Crippen MR) is 89.3 cm³/mol. The van der Waals surface area contributed by atoms with Gasteiger partial charge in [-0.25, -0.2) is 4.68 Å². The molecule has 2 heterocycles. The van der Waals surface area contributed by atoms with Crippen LogP contribution in [-0.4, -0.2) is 69.8 Å². The van der Waals surface area contributed by atoms with Gasteiger partial charge in [0, 0.05) is 25.7 Å². The van der Waals surface area contributed by atoms with Gasteiger partial charge in [-0.3, -0.25) is 9.59 Å². The number of aromatic nitrogens is 4. The summed E-state index contributed by atoms with van der Waals surface area (Å²) in [5.41, 5.74) is 0.411. The van der Waals surface area contributed by atoms with E-state index in [1.54, 1.807) is 36.2 Å². The maximum Gasteiger partial charge on any atom is 0.251 e. The first-order valence-electron chi connectivity index (χ1n) is 8.21. The van der Waals surface area contributed by atoms with E-state index < -0.39 is 0 Å². The van der Waals surface area contributed by atoms with Crippen molar-refractivity contribution in [2.24, 2.45) is 7.05 Å². The molecule has 1 fully saturated rings. The lowest BCUT2D eigenvalue weighted by molar-refractivity contribution is -0.134. The van der Waals surface area contributed by atoms with Crippen LogP contribution in [0.5, 0.6) is 5.75 Å². The van der Waals surface area contributed by atoms with E-state index in [0.29, 0.717) is 43.4 Å². The Balaban J connectivity index is 1.52. The molecule has 0 spiro atoms. The van der Waals surface area contributed by atoms with E-state index >= 15 is 0 Å². The Morgan fingerprint density at radius 1 is 1.31 bits per heavy atom. The standard InChI is InChI=1S/C16H20N6O4/c1-21-14(18-19-20-21)11-26-13-4-2-3-12(9-13)16(24)17-10-15(23)22-5-7-25-8-6-22/h2-4,9H,5-8,10-11H2,1H3,(H,17,24). The average molecular weight is 360 g/mol. The lowest BCUT2D eigenvalue weighted by Crippen LogP contribution is -2.45. The smallest absolute Gasteiger partial charge is 0.251 e. The molecule has 1 aliphatic rings. The van der Waals surface area contributed by atoms with Gasteiger partial charge in [-0.2, -0.15) is 0 Å². The van der Waals surface area contributed by atoms with Crippen LogP contribution >= 0.6 is 0 Å². The number of hydrogen-bond acceptors (Lipinski definition) is 7. The van der Waals surface area contributed by atoms with Crippen molar-refractivity contribution in [3.63, 3.8) is 0 Å². The lowest BCUT2D eigenvalue weighted by atomic mass is 10.2. The first kappa shape index (κ1) is 17.8. The first-order valence-corrected chi connectivity index (χ1v) is 8.21. The molecule has 0 saturated carbocycles. The third kappa shape index (κ3) is 4.54. The van der Waals surface area contributed by atoms with Gasteiger partial charge >= 0.3 is 0 Å². The number of carbonyl (C=O) groups excluding carboxylic acids is 2. The zero-order valence-corrected chi connectivity index (χ0v) is 14.4. The number of carbonyl (C=O) groups is 2. The molecule has 10 nitrogen and oxygen atoms in total. The van der Waals surface area contributed by atoms with Crippen LogP contribution in [0.1, 0.15) is 16.2 Å². The maximum absolute atomic E-state index is 12.3. The van der Waals surface area contributed by atoms with Crippen molar-refractivity contribution in [3.05, 3.63) is 35.7 Å². The molecule has 1 N–H and O–H groups in total. The molecule has 0 aliphatic carbocycles. The molecular weight excluding hydrogens is 340 g/mol. The molecule has 0 atom stereocenters. The van der Waals surface area contributed by atoms with E-state index in [0.717, 1.165) is 0 Å². The highest BCUT2D eigenvalue weighted by Crippen LogP contribution is 2.14. The minimum Gasteiger partial charge on any atom is -0.486 e. The fourth-order valence-corrected chi connectivity index (χ4v) is 2.43. The average Bonchev–Trinajstić information content (AvgIpc) is 3.10. The normalized spacial score (nSPS) is 14.1. The minimum atomic E-state index is -0.336. The zero-order chi connectivity index (χ0) is 18.4. The first-order chi connectivity index (χ1) is 12.6. The summed E-state index contributed by atoms with van der Waals surface area (Å²) in [6.07, 6.45) is 0. The fourth-order valence-electron chi connectivity index (χ4n) is 2.43. The fraction of sp³-hybridized carbons (Fsp3) is 0.438. The van der Waals surface area contributed by atoms with Crippen LogP contribution < -0.4 is 10.1 Å². The van der Waals surface area contributed by atoms with Gasteiger partial charge in [0.25, 0.3) is 5.91 Å². The molecule has 10 heteroatoms. The van der Waals surface area contributed by atoms with Gasteiger partial charge in [0.1, 0.15) is 12.4 Å². The van der Waals surface area contributed by atoms with Crippen LogP contribution in [0.2, 0.25) is 0 Å². The Hall–Kier alpha value is -3.01. The molecular formula is C16H20N6O4. The molecule has 2 amide bonds. The summed E-state index contributed by atoms with van der Waals surface area (Å²) < 4.78 is 12.3. The summed E-state index contributed by atoms with van der Waals surface area (Å²) >= 11 is 0. The molecule has 138 valence electrons. The van der Waals surface area contributed by atoms with Gasteiger partial charge in [-0.1, -0.05) is 6.07 Å². The third-order valence-electron chi connectivity index (χ3n) is 3.94. The largest absolute Gasteiger partial charge is 0.486 e. The Kier molecular flexibility index (Phi) is 5.74. The highest BCUT2D eigenvalue weighted by Gasteiger charge is 2.17. The van der Waals surface area contributed by atoms with E-state index in [9.17, 15) is 9.59 Å². The Labute approximate surface area is 150 Å². The van der Waals surface area contributed by atoms with Gasteiger partial charge in [0.2, 0.25) is 5.91 Å². The number of morpholine rings is 1. The summed E-state index contributed by atoms with van der Waals surface area (Å²) in [6.45, 7) is 2.29. The molecule has 2 aromatic rings. The number of aryl methyl sites for hydroxylation is 1. The lowest BCUT2D eigenvalue weighted by Gasteiger charge is -2.26. The van der Waals surface area contributed by atoms with Gasteiger partial charge in [0.05, 0.1) is 19.8 Å². The summed E-state index contributed by atoms with van der Waals surface area (Å²) in [4.78, 5) is 26.0. The Bertz CT molecular complexity index is 772. The van der Waals surface area contributed by atoms with Crippen LogP contribution in [0.15, 0.2) is 24.3 Å². The number of nitrogens with zero attached hydrogens (tertiary/aromatic N) is 5. The third-order valence-corrected chi connectivity index (χ3v) is 3.94. The van der Waals surface area contributed by atoms with Crippen LogP contribution in [0, 0.1) is 0 Å². The number of rotatable bonds is 6. The monoisotopic (exact) mass is 360 g/mol. The molecule has 26 heavy (non-hydrogen) atoms. The topological polar surface area (TPSA) is 111 Å². The maximum atomic E-state index is 12.3. The summed E-state index contributed by atoms with van der Waals surface area (Å²) in [7, 11) is 1.72. The molecule has 1 aromatic heterocycles. The van der Waals surface area contributed by atoms with Crippen LogP contribution in [0.25, 0.3) is 0 Å². The van der Waals surface area contributed by atoms with Crippen molar-refractivity contribution < 1.29 is 19.1 Å². The Morgan fingerprint density at radius 2 is 2.12 bits per heavy atom. The quantitative estimate of drug-likeness (QED) is 0.730. The zero-order valence-electron chi connectivity index (χ0n) is 14.4. The van der Waals surface area contributed by atoms with Crippen molar-refractivity contribution in [1.29, 1.82) is 0 Å². The molecule has 1 aliphatic heterocycles. The van der Waals surface area contributed by atoms with Crippen molar-refractivity contribution >= 4 is 11.8 Å². The number of amides is 2. The van der Waals surface area contributed by atoms with E-state index in [4.69, 9.17) is 9.47 Å². The summed E-state index contributed by atoms with van der Waals surface area (Å²) in [5, 5.41) is 13.7. The predicted octanol–water partition coefficient (Wildman–Crippen LogP) is -0.622. The Morgan fingerprint density at radius 3 is 2.85 bits per heavy atom. The number of benzene rings is 1. The van der Waals surface area contributed by atoms with Crippen molar-refractivity contribution in [2.45, 2.75) is 6.61 Å². The molecule has 0 unspecified atom stereocenters. The number of hydrogen-bond donors (Lipinski definition) is 1. The van der Waals surface area contributed by atoms with Gasteiger partial charge in [-0.15, -0.1) is 5.10 Å². The second-order valence-corrected chi connectivity index (χ2v) is 5.71. The van der Waals surface area contributed by atoms with Crippen LogP contribution in [0.3, 0.4) is 0 Å². The van der Waals surface area contributed by atoms with Crippen molar-refractivity contribution in [1.82, 2.24) is 30.4 Å². The molecule has 1 saturated heterocycles. The van der Waals surface area contributed by atoms with Crippen molar-refractivity contribution in [2.75, 3.05) is 32.8 Å². The molecule has 3 rings (SSSR count). The minimum absolute atomic E-state index is 0.0471. The van der Waals surface area contributed by atoms with Gasteiger partial charge < -0.3 is 19.7 Å². The van der Waals surface area contributed by atoms with Crippen LogP contribution in [-0.2, 0) is 23.2 Å². The number of ether oxygens (including phenoxy) is 2. The van der Waals surface area contributed by atoms with E-state index in [-0.39, 0.29) is 25.0 Å². The summed E-state index contributed by atoms with van der Waals surface area (Å²) in [6, 6.07) is 6.71. The number of nitrogens with one attached hydrogen (secondary N) is 1.